The summed E-state index contributed by atoms with van der Waals surface area (Å²) in [5.74, 6) is -2.18. The summed E-state index contributed by atoms with van der Waals surface area (Å²) in [4.78, 5) is 14.1. The molecule has 0 saturated carbocycles. The summed E-state index contributed by atoms with van der Waals surface area (Å²) in [5.41, 5.74) is -4.61. The quantitative estimate of drug-likeness (QED) is 0.666. The van der Waals surface area contributed by atoms with Gasteiger partial charge in [-0.2, -0.15) is 26.3 Å². The molecule has 2 N–H and O–H groups in total. The SMILES string of the molecule is CC(=O)NC(Nc1ccccn1)(C(F)(F)F)C(F)(F)F. The van der Waals surface area contributed by atoms with Crippen molar-refractivity contribution in [1.82, 2.24) is 10.3 Å². The Kier molecular flexibility index (Phi) is 4.15. The van der Waals surface area contributed by atoms with Gasteiger partial charge in [0.05, 0.1) is 0 Å². The zero-order valence-corrected chi connectivity index (χ0v) is 9.93. The van der Waals surface area contributed by atoms with Crippen molar-refractivity contribution in [3.05, 3.63) is 24.4 Å². The van der Waals surface area contributed by atoms with E-state index in [2.05, 4.69) is 4.98 Å². The van der Waals surface area contributed by atoms with Crippen molar-refractivity contribution in [1.29, 1.82) is 0 Å². The summed E-state index contributed by atoms with van der Waals surface area (Å²) in [5, 5.41) is 2.09. The highest BCUT2D eigenvalue weighted by Gasteiger charge is 2.72. The molecule has 1 amide bonds. The first-order valence-corrected chi connectivity index (χ1v) is 5.11. The highest BCUT2D eigenvalue weighted by atomic mass is 19.4. The van der Waals surface area contributed by atoms with Gasteiger partial charge in [-0.1, -0.05) is 6.07 Å². The number of anilines is 1. The number of amides is 1. The Hall–Kier alpha value is -2.00. The van der Waals surface area contributed by atoms with E-state index >= 15 is 0 Å². The fraction of sp³-hybridized carbons (Fsp3) is 0.400. The van der Waals surface area contributed by atoms with Gasteiger partial charge in [0.1, 0.15) is 5.82 Å². The van der Waals surface area contributed by atoms with E-state index in [9.17, 15) is 31.1 Å². The van der Waals surface area contributed by atoms with E-state index in [1.807, 2.05) is 0 Å². The topological polar surface area (TPSA) is 54.0 Å². The molecule has 112 valence electrons. The molecule has 0 atom stereocenters. The maximum Gasteiger partial charge on any atom is 0.439 e. The number of halogens is 6. The number of alkyl halides is 6. The van der Waals surface area contributed by atoms with E-state index in [4.69, 9.17) is 0 Å². The third-order valence-corrected chi connectivity index (χ3v) is 2.19. The summed E-state index contributed by atoms with van der Waals surface area (Å²) >= 11 is 0. The highest BCUT2D eigenvalue weighted by Crippen LogP contribution is 2.43. The maximum atomic E-state index is 12.9. The number of rotatable bonds is 3. The van der Waals surface area contributed by atoms with Crippen LogP contribution < -0.4 is 10.6 Å². The predicted molar refractivity (Wildman–Crippen MR) is 56.5 cm³/mol. The Morgan fingerprint density at radius 2 is 1.65 bits per heavy atom. The molecule has 0 saturated heterocycles. The minimum Gasteiger partial charge on any atom is -0.332 e. The zero-order chi connectivity index (χ0) is 15.6. The number of pyridine rings is 1. The lowest BCUT2D eigenvalue weighted by molar-refractivity contribution is -0.295. The maximum absolute atomic E-state index is 12.9. The molecule has 20 heavy (non-hydrogen) atoms. The van der Waals surface area contributed by atoms with Crippen LogP contribution in [0.5, 0.6) is 0 Å². The normalized spacial score (nSPS) is 12.9. The number of nitrogens with zero attached hydrogens (tertiary/aromatic N) is 1. The molecule has 1 aromatic heterocycles. The van der Waals surface area contributed by atoms with Gasteiger partial charge >= 0.3 is 18.0 Å². The van der Waals surface area contributed by atoms with Crippen molar-refractivity contribution in [3.8, 4) is 0 Å². The third kappa shape index (κ3) is 3.11. The molecule has 0 radical (unpaired) electrons. The lowest BCUT2D eigenvalue weighted by Crippen LogP contribution is -2.72. The molecule has 0 aliphatic heterocycles. The second-order valence-corrected chi connectivity index (χ2v) is 3.77. The molecule has 0 aromatic carbocycles. The van der Waals surface area contributed by atoms with Crippen molar-refractivity contribution in [2.75, 3.05) is 5.32 Å². The predicted octanol–water partition coefficient (Wildman–Crippen LogP) is 2.45. The monoisotopic (exact) mass is 301 g/mol. The van der Waals surface area contributed by atoms with Crippen molar-refractivity contribution in [2.45, 2.75) is 24.9 Å². The molecule has 10 heteroatoms. The van der Waals surface area contributed by atoms with Crippen molar-refractivity contribution in [2.24, 2.45) is 0 Å². The Balaban J connectivity index is 3.34. The number of nitrogens with one attached hydrogen (secondary N) is 2. The summed E-state index contributed by atoms with van der Waals surface area (Å²) in [7, 11) is 0. The molecule has 4 nitrogen and oxygen atoms in total. The van der Waals surface area contributed by atoms with Crippen LogP contribution in [0, 0.1) is 0 Å². The van der Waals surface area contributed by atoms with Crippen molar-refractivity contribution >= 4 is 11.7 Å². The van der Waals surface area contributed by atoms with Crippen LogP contribution in [0.1, 0.15) is 6.92 Å². The average Bonchev–Trinajstić information content (AvgIpc) is 2.25. The second-order valence-electron chi connectivity index (χ2n) is 3.77. The Morgan fingerprint density at radius 3 is 2.00 bits per heavy atom. The van der Waals surface area contributed by atoms with Crippen LogP contribution in [0.4, 0.5) is 32.2 Å². The largest absolute Gasteiger partial charge is 0.439 e. The lowest BCUT2D eigenvalue weighted by Gasteiger charge is -2.38. The minimum atomic E-state index is -5.82. The highest BCUT2D eigenvalue weighted by molar-refractivity contribution is 5.74. The van der Waals surface area contributed by atoms with E-state index in [1.165, 1.54) is 17.4 Å². The molecular weight excluding hydrogens is 292 g/mol. The molecule has 0 spiro atoms. The van der Waals surface area contributed by atoms with Gasteiger partial charge in [-0.3, -0.25) is 4.79 Å². The molecule has 0 aliphatic carbocycles. The number of aromatic nitrogens is 1. The summed E-state index contributed by atoms with van der Waals surface area (Å²) in [6.45, 7) is 0.548. The van der Waals surface area contributed by atoms with E-state index in [1.54, 1.807) is 0 Å². The zero-order valence-electron chi connectivity index (χ0n) is 9.93. The van der Waals surface area contributed by atoms with Crippen LogP contribution in [-0.4, -0.2) is 28.9 Å². The van der Waals surface area contributed by atoms with Gasteiger partial charge in [-0.05, 0) is 12.1 Å². The molecule has 0 bridgehead atoms. The molecule has 0 fully saturated rings. The van der Waals surface area contributed by atoms with Crippen LogP contribution in [0.15, 0.2) is 24.4 Å². The van der Waals surface area contributed by atoms with Gasteiger partial charge in [-0.15, -0.1) is 0 Å². The molecule has 0 aliphatic rings. The Morgan fingerprint density at radius 1 is 1.10 bits per heavy atom. The van der Waals surface area contributed by atoms with E-state index in [0.717, 1.165) is 17.6 Å². The van der Waals surface area contributed by atoms with Crippen LogP contribution in [-0.2, 0) is 4.79 Å². The fourth-order valence-corrected chi connectivity index (χ4v) is 1.37. The average molecular weight is 301 g/mol. The number of hydrogen-bond acceptors (Lipinski definition) is 3. The smallest absolute Gasteiger partial charge is 0.332 e. The van der Waals surface area contributed by atoms with Crippen molar-refractivity contribution in [3.63, 3.8) is 0 Å². The summed E-state index contributed by atoms with van der Waals surface area (Å²) in [6.07, 6.45) is -10.6. The van der Waals surface area contributed by atoms with Crippen LogP contribution in [0.25, 0.3) is 0 Å². The van der Waals surface area contributed by atoms with Gasteiger partial charge in [0, 0.05) is 13.1 Å². The standard InChI is InChI=1S/C10H9F6N3O/c1-6(20)18-8(9(11,12)13,10(14,15)16)19-7-4-2-3-5-17-7/h2-5H,1H3,(H,17,19)(H,18,20). The first-order chi connectivity index (χ1) is 8.99. The third-order valence-electron chi connectivity index (χ3n) is 2.19. The Labute approximate surface area is 109 Å². The molecular formula is C10H9F6N3O. The minimum absolute atomic E-state index is 0.548. The van der Waals surface area contributed by atoms with Gasteiger partial charge in [0.15, 0.2) is 0 Å². The second kappa shape index (κ2) is 5.17. The molecule has 1 rings (SSSR count). The van der Waals surface area contributed by atoms with Crippen LogP contribution in [0.3, 0.4) is 0 Å². The first kappa shape index (κ1) is 16.1. The number of carbonyl (C=O) groups excluding carboxylic acids is 1. The van der Waals surface area contributed by atoms with E-state index in [-0.39, 0.29) is 0 Å². The van der Waals surface area contributed by atoms with Crippen molar-refractivity contribution < 1.29 is 31.1 Å². The van der Waals surface area contributed by atoms with E-state index in [0.29, 0.717) is 6.92 Å². The summed E-state index contributed by atoms with van der Waals surface area (Å²) < 4.78 is 77.4. The molecule has 1 heterocycles. The number of carbonyl (C=O) groups is 1. The Bertz CT molecular complexity index is 456. The van der Waals surface area contributed by atoms with Crippen LogP contribution >= 0.6 is 0 Å². The molecule has 0 unspecified atom stereocenters. The fourth-order valence-electron chi connectivity index (χ4n) is 1.37. The van der Waals surface area contributed by atoms with Gasteiger partial charge in [0.25, 0.3) is 0 Å². The first-order valence-electron chi connectivity index (χ1n) is 5.11. The summed E-state index contributed by atoms with van der Waals surface area (Å²) in [6, 6.07) is 3.42. The van der Waals surface area contributed by atoms with Crippen LogP contribution in [0.2, 0.25) is 0 Å². The number of hydrogen-bond donors (Lipinski definition) is 2. The van der Waals surface area contributed by atoms with E-state index < -0.39 is 29.7 Å². The van der Waals surface area contributed by atoms with Gasteiger partial charge in [-0.25, -0.2) is 4.98 Å². The molecule has 1 aromatic rings. The lowest BCUT2D eigenvalue weighted by atomic mass is 10.1. The van der Waals surface area contributed by atoms with Gasteiger partial charge in [0.2, 0.25) is 5.91 Å². The van der Waals surface area contributed by atoms with Gasteiger partial charge < -0.3 is 10.6 Å².